The highest BCUT2D eigenvalue weighted by molar-refractivity contribution is 7.90. The molecule has 3 aliphatic rings. The number of hydrogen-bond acceptors (Lipinski definition) is 8. The Labute approximate surface area is 266 Å². The van der Waals surface area contributed by atoms with Crippen molar-refractivity contribution in [3.8, 4) is 22.6 Å². The number of halogens is 1. The van der Waals surface area contributed by atoms with Crippen molar-refractivity contribution < 1.29 is 22.3 Å². The summed E-state index contributed by atoms with van der Waals surface area (Å²) in [6, 6.07) is 20.4. The van der Waals surface area contributed by atoms with E-state index in [1.165, 1.54) is 30.5 Å². The fraction of sp³-hybridized carbons (Fsp3) is 0.314. The predicted octanol–water partition coefficient (Wildman–Crippen LogP) is 6.62. The number of aromatic nitrogens is 4. The maximum absolute atomic E-state index is 14.5. The molecule has 3 heterocycles. The highest BCUT2D eigenvalue weighted by atomic mass is 32.2. The van der Waals surface area contributed by atoms with E-state index in [4.69, 9.17) is 14.7 Å². The van der Waals surface area contributed by atoms with Crippen LogP contribution in [0.4, 0.5) is 10.2 Å². The highest BCUT2D eigenvalue weighted by Gasteiger charge is 2.48. The molecule has 0 unspecified atom stereocenters. The van der Waals surface area contributed by atoms with Crippen molar-refractivity contribution in [1.82, 2.24) is 18.9 Å². The normalized spacial score (nSPS) is 20.9. The van der Waals surface area contributed by atoms with Crippen LogP contribution in [0.3, 0.4) is 0 Å². The lowest BCUT2D eigenvalue weighted by molar-refractivity contribution is -0.154. The first-order valence-electron chi connectivity index (χ1n) is 15.6. The van der Waals surface area contributed by atoms with Crippen LogP contribution in [0.5, 0.6) is 0 Å². The van der Waals surface area contributed by atoms with Crippen LogP contribution >= 0.6 is 0 Å². The van der Waals surface area contributed by atoms with Crippen LogP contribution in [0.2, 0.25) is 0 Å². The Bertz CT molecular complexity index is 2020. The number of aryl methyl sites for hydroxylation is 1. The van der Waals surface area contributed by atoms with E-state index in [0.717, 1.165) is 40.8 Å². The van der Waals surface area contributed by atoms with Gasteiger partial charge in [-0.15, -0.1) is 0 Å². The number of esters is 1. The quantitative estimate of drug-likeness (QED) is 0.149. The molecule has 11 heteroatoms. The van der Waals surface area contributed by atoms with Crippen molar-refractivity contribution in [2.75, 3.05) is 11.9 Å². The van der Waals surface area contributed by atoms with Crippen molar-refractivity contribution in [2.45, 2.75) is 50.5 Å². The van der Waals surface area contributed by atoms with Crippen molar-refractivity contribution in [3.05, 3.63) is 90.5 Å². The number of fused-ring (bicyclic) bond motifs is 4. The number of carbonyl (C=O) groups is 1. The average Bonchev–Trinajstić information content (AvgIpc) is 3.45. The number of pyridine rings is 1. The zero-order valence-electron chi connectivity index (χ0n) is 25.6. The lowest BCUT2D eigenvalue weighted by Gasteiger charge is -2.47. The summed E-state index contributed by atoms with van der Waals surface area (Å²) in [5, 5.41) is 3.98. The second-order valence-electron chi connectivity index (χ2n) is 12.1. The molecule has 2 bridgehead atoms. The number of nitrogens with zero attached hydrogens (tertiary/aromatic N) is 4. The van der Waals surface area contributed by atoms with Crippen LogP contribution in [-0.2, 0) is 19.6 Å². The molecule has 236 valence electrons. The van der Waals surface area contributed by atoms with Crippen LogP contribution in [0.25, 0.3) is 33.7 Å². The smallest absolute Gasteiger partial charge is 0.311 e. The average molecular weight is 640 g/mol. The van der Waals surface area contributed by atoms with Crippen molar-refractivity contribution in [1.29, 1.82) is 0 Å². The molecule has 9 nitrogen and oxygen atoms in total. The fourth-order valence-corrected chi connectivity index (χ4v) is 8.36. The van der Waals surface area contributed by atoms with Crippen LogP contribution in [0.1, 0.15) is 38.2 Å². The van der Waals surface area contributed by atoms with Gasteiger partial charge < -0.3 is 10.1 Å². The summed E-state index contributed by atoms with van der Waals surface area (Å²) < 4.78 is 48.7. The van der Waals surface area contributed by atoms with Crippen molar-refractivity contribution in [2.24, 2.45) is 17.8 Å². The van der Waals surface area contributed by atoms with Crippen LogP contribution in [-0.4, -0.2) is 46.0 Å². The van der Waals surface area contributed by atoms with E-state index in [1.807, 2.05) is 50.2 Å². The summed E-state index contributed by atoms with van der Waals surface area (Å²) in [6.45, 7) is 4.01. The van der Waals surface area contributed by atoms with Gasteiger partial charge in [-0.1, -0.05) is 48.0 Å². The van der Waals surface area contributed by atoms with E-state index in [0.29, 0.717) is 29.1 Å². The number of rotatable bonds is 8. The molecule has 46 heavy (non-hydrogen) atoms. The minimum Gasteiger partial charge on any atom is -0.466 e. The van der Waals surface area contributed by atoms with Crippen molar-refractivity contribution in [3.63, 3.8) is 0 Å². The number of nitrogens with one attached hydrogen (secondary N) is 1. The van der Waals surface area contributed by atoms with Crippen LogP contribution in [0, 0.1) is 30.6 Å². The molecule has 5 aromatic rings. The minimum atomic E-state index is -4.14. The van der Waals surface area contributed by atoms with Gasteiger partial charge in [0, 0.05) is 34.8 Å². The molecule has 0 spiro atoms. The lowest BCUT2D eigenvalue weighted by atomic mass is 9.61. The summed E-state index contributed by atoms with van der Waals surface area (Å²) in [7, 11) is -4.14. The Morgan fingerprint density at radius 1 is 0.957 bits per heavy atom. The maximum Gasteiger partial charge on any atom is 0.311 e. The summed E-state index contributed by atoms with van der Waals surface area (Å²) in [5.41, 5.74) is 2.67. The van der Waals surface area contributed by atoms with Gasteiger partial charge in [-0.2, -0.15) is 4.39 Å². The third kappa shape index (κ3) is 5.42. The molecule has 8 rings (SSSR count). The van der Waals surface area contributed by atoms with Gasteiger partial charge in [-0.25, -0.2) is 27.3 Å². The van der Waals surface area contributed by atoms with Gasteiger partial charge in [0.05, 0.1) is 23.1 Å². The zero-order valence-corrected chi connectivity index (χ0v) is 26.4. The Morgan fingerprint density at radius 2 is 1.67 bits per heavy atom. The number of anilines is 1. The first-order valence-corrected chi connectivity index (χ1v) is 17.0. The van der Waals surface area contributed by atoms with Gasteiger partial charge in [0.2, 0.25) is 5.95 Å². The molecule has 0 radical (unpaired) electrons. The summed E-state index contributed by atoms with van der Waals surface area (Å²) >= 11 is 0. The predicted molar refractivity (Wildman–Crippen MR) is 173 cm³/mol. The standard InChI is InChI=1S/C35H34FN5O4S/c1-3-45-35(42)31-23-11-13-24(14-12-23)32(31)39-30-19-28(22-7-5-4-6-8-22)37-33(40-30)27-20-41(34-26(27)17-18-29(36)38-34)46(43,44)25-15-9-21(2)10-16-25/h4-10,15-20,23-24,31-32H,3,11-14H2,1-2H3,(H,37,39,40)/t23?,24?,31-,32-/m0/s1. The third-order valence-electron chi connectivity index (χ3n) is 9.29. The zero-order chi connectivity index (χ0) is 32.0. The Kier molecular flexibility index (Phi) is 7.80. The van der Waals surface area contributed by atoms with E-state index < -0.39 is 16.0 Å². The SMILES string of the molecule is CCOC(=O)[C@H]1C2CCC(CC2)[C@@H]1Nc1cc(-c2ccccc2)nc(-c2cn(S(=O)(=O)c3ccc(C)cc3)c3nc(F)ccc23)n1. The number of carbonyl (C=O) groups excluding carboxylic acids is 1. The van der Waals surface area contributed by atoms with Crippen LogP contribution in [0.15, 0.2) is 83.9 Å². The molecule has 2 atom stereocenters. The van der Waals surface area contributed by atoms with Gasteiger partial charge >= 0.3 is 5.97 Å². The van der Waals surface area contributed by atoms with Crippen LogP contribution < -0.4 is 5.32 Å². The molecule has 3 fully saturated rings. The first kappa shape index (κ1) is 30.0. The maximum atomic E-state index is 14.5. The Morgan fingerprint density at radius 3 is 2.39 bits per heavy atom. The molecule has 0 aliphatic heterocycles. The number of benzene rings is 2. The summed E-state index contributed by atoms with van der Waals surface area (Å²) in [4.78, 5) is 27.0. The van der Waals surface area contributed by atoms with Gasteiger partial charge in [0.15, 0.2) is 11.5 Å². The van der Waals surface area contributed by atoms with Crippen molar-refractivity contribution >= 4 is 32.8 Å². The topological polar surface area (TPSA) is 116 Å². The summed E-state index contributed by atoms with van der Waals surface area (Å²) in [5.74, 6) is -0.0173. The molecular formula is C35H34FN5O4S. The number of hydrogen-bond donors (Lipinski definition) is 1. The minimum absolute atomic E-state index is 0.0475. The van der Waals surface area contributed by atoms with Gasteiger partial charge in [0.25, 0.3) is 10.0 Å². The molecule has 3 saturated carbocycles. The molecule has 0 saturated heterocycles. The van der Waals surface area contributed by atoms with E-state index in [-0.39, 0.29) is 46.1 Å². The second kappa shape index (κ2) is 11.9. The second-order valence-corrected chi connectivity index (χ2v) is 13.9. The van der Waals surface area contributed by atoms with E-state index >= 15 is 0 Å². The van der Waals surface area contributed by atoms with E-state index in [2.05, 4.69) is 10.3 Å². The number of ether oxygens (including phenoxy) is 1. The Hall–Kier alpha value is -4.64. The summed E-state index contributed by atoms with van der Waals surface area (Å²) in [6.07, 6.45) is 5.43. The molecule has 1 N–H and O–H groups in total. The van der Waals surface area contributed by atoms with Gasteiger partial charge in [0.1, 0.15) is 5.82 Å². The fourth-order valence-electron chi connectivity index (χ4n) is 7.04. The first-order chi connectivity index (χ1) is 22.2. The highest BCUT2D eigenvalue weighted by Crippen LogP contribution is 2.47. The van der Waals surface area contributed by atoms with E-state index in [9.17, 15) is 17.6 Å². The van der Waals surface area contributed by atoms with Gasteiger partial charge in [-0.05, 0) is 75.6 Å². The monoisotopic (exact) mass is 639 g/mol. The van der Waals surface area contributed by atoms with Gasteiger partial charge in [-0.3, -0.25) is 4.79 Å². The third-order valence-corrected chi connectivity index (χ3v) is 11.0. The Balaban J connectivity index is 1.38. The largest absolute Gasteiger partial charge is 0.466 e. The van der Waals surface area contributed by atoms with E-state index in [1.54, 1.807) is 12.1 Å². The molecule has 3 aliphatic carbocycles. The lowest BCUT2D eigenvalue weighted by Crippen LogP contribution is -2.52. The molecule has 0 amide bonds. The molecule has 2 aromatic carbocycles. The molecular weight excluding hydrogens is 605 g/mol. The molecule has 3 aromatic heterocycles.